The summed E-state index contributed by atoms with van der Waals surface area (Å²) in [6, 6.07) is 15.1. The molecule has 0 saturated carbocycles. The van der Waals surface area contributed by atoms with Crippen LogP contribution in [0.4, 0.5) is 5.82 Å². The predicted octanol–water partition coefficient (Wildman–Crippen LogP) is 3.76. The molecule has 4 aromatic rings. The Labute approximate surface area is 184 Å². The summed E-state index contributed by atoms with van der Waals surface area (Å²) in [5, 5.41) is 11.4. The number of amides is 1. The van der Waals surface area contributed by atoms with Crippen LogP contribution in [0.3, 0.4) is 0 Å². The van der Waals surface area contributed by atoms with Crippen molar-refractivity contribution in [3.63, 3.8) is 0 Å². The number of carbonyl (C=O) groups excluding carboxylic acids is 1. The number of nitrogens with one attached hydrogen (secondary N) is 1. The van der Waals surface area contributed by atoms with E-state index in [2.05, 4.69) is 20.6 Å². The van der Waals surface area contributed by atoms with Gasteiger partial charge in [-0.05, 0) is 43.7 Å². The largest absolute Gasteiger partial charge is 0.441 e. The molecule has 1 amide bonds. The summed E-state index contributed by atoms with van der Waals surface area (Å²) in [5.41, 5.74) is 9.81. The average Bonchev–Trinajstić information content (AvgIpc) is 3.31. The number of carbonyl (C=O) groups is 1. The molecule has 0 bridgehead atoms. The second kappa shape index (κ2) is 8.61. The van der Waals surface area contributed by atoms with Crippen LogP contribution >= 0.6 is 11.6 Å². The third-order valence-electron chi connectivity index (χ3n) is 4.85. The van der Waals surface area contributed by atoms with Gasteiger partial charge in [-0.15, -0.1) is 5.10 Å². The lowest BCUT2D eigenvalue weighted by Crippen LogP contribution is -2.24. The maximum absolute atomic E-state index is 12.5. The zero-order chi connectivity index (χ0) is 22.0. The summed E-state index contributed by atoms with van der Waals surface area (Å²) < 4.78 is 7.23. The van der Waals surface area contributed by atoms with E-state index in [0.717, 1.165) is 16.7 Å². The standard InChI is InChI=1S/C22H21ClN6O2/c1-13-3-7-16(8-4-13)22-26-18(14(2)31-22)12-29-20(24)19(27-28-29)21(30)25-11-15-5-9-17(23)10-6-15/h3-10H,11-12,24H2,1-2H3,(H,25,30). The lowest BCUT2D eigenvalue weighted by atomic mass is 10.1. The van der Waals surface area contributed by atoms with E-state index in [1.165, 1.54) is 4.68 Å². The maximum atomic E-state index is 12.5. The molecule has 2 aromatic heterocycles. The van der Waals surface area contributed by atoms with Gasteiger partial charge in [0, 0.05) is 17.1 Å². The van der Waals surface area contributed by atoms with Gasteiger partial charge in [0.05, 0.1) is 6.54 Å². The minimum atomic E-state index is -0.407. The molecule has 0 fully saturated rings. The van der Waals surface area contributed by atoms with Crippen LogP contribution in [0.25, 0.3) is 11.5 Å². The van der Waals surface area contributed by atoms with Crippen LogP contribution in [0.2, 0.25) is 5.02 Å². The molecule has 31 heavy (non-hydrogen) atoms. The van der Waals surface area contributed by atoms with E-state index >= 15 is 0 Å². The van der Waals surface area contributed by atoms with Crippen molar-refractivity contribution in [1.29, 1.82) is 0 Å². The fourth-order valence-electron chi connectivity index (χ4n) is 3.00. The van der Waals surface area contributed by atoms with Crippen molar-refractivity contribution in [2.45, 2.75) is 26.9 Å². The molecule has 158 valence electrons. The van der Waals surface area contributed by atoms with E-state index in [0.29, 0.717) is 28.9 Å². The third-order valence-corrected chi connectivity index (χ3v) is 5.10. The van der Waals surface area contributed by atoms with E-state index in [9.17, 15) is 4.79 Å². The molecule has 3 N–H and O–H groups in total. The number of anilines is 1. The summed E-state index contributed by atoms with van der Waals surface area (Å²) in [4.78, 5) is 17.0. The van der Waals surface area contributed by atoms with Gasteiger partial charge in [-0.25, -0.2) is 9.67 Å². The minimum Gasteiger partial charge on any atom is -0.441 e. The number of halogens is 1. The fraction of sp³-hybridized carbons (Fsp3) is 0.182. The van der Waals surface area contributed by atoms with Gasteiger partial charge in [-0.1, -0.05) is 46.6 Å². The summed E-state index contributed by atoms with van der Waals surface area (Å²) in [6.45, 7) is 4.41. The number of hydrogen-bond acceptors (Lipinski definition) is 6. The van der Waals surface area contributed by atoms with Crippen LogP contribution in [-0.2, 0) is 13.1 Å². The van der Waals surface area contributed by atoms with Crippen LogP contribution in [0.15, 0.2) is 52.9 Å². The molecule has 0 aliphatic heterocycles. The Balaban J connectivity index is 1.46. The van der Waals surface area contributed by atoms with Crippen molar-refractivity contribution in [3.05, 3.63) is 81.8 Å². The molecule has 0 saturated heterocycles. The van der Waals surface area contributed by atoms with Gasteiger partial charge in [0.25, 0.3) is 5.91 Å². The first kappa shape index (κ1) is 20.6. The van der Waals surface area contributed by atoms with Gasteiger partial charge in [0.2, 0.25) is 5.89 Å². The number of nitrogen functional groups attached to an aromatic ring is 1. The normalized spacial score (nSPS) is 10.9. The fourth-order valence-corrected chi connectivity index (χ4v) is 3.13. The van der Waals surface area contributed by atoms with Gasteiger partial charge < -0.3 is 15.5 Å². The highest BCUT2D eigenvalue weighted by molar-refractivity contribution is 6.30. The number of aryl methyl sites for hydroxylation is 2. The first-order chi connectivity index (χ1) is 14.9. The minimum absolute atomic E-state index is 0.0638. The Hall–Kier alpha value is -3.65. The first-order valence-electron chi connectivity index (χ1n) is 9.65. The van der Waals surface area contributed by atoms with Crippen molar-refractivity contribution < 1.29 is 9.21 Å². The molecule has 0 unspecified atom stereocenters. The molecule has 2 aromatic carbocycles. The molecule has 0 aliphatic rings. The summed E-state index contributed by atoms with van der Waals surface area (Å²) in [6.07, 6.45) is 0. The van der Waals surface area contributed by atoms with Crippen molar-refractivity contribution in [2.75, 3.05) is 5.73 Å². The lowest BCUT2D eigenvalue weighted by molar-refractivity contribution is 0.0946. The Bertz CT molecular complexity index is 1210. The zero-order valence-corrected chi connectivity index (χ0v) is 17.8. The number of aromatic nitrogens is 4. The van der Waals surface area contributed by atoms with Crippen LogP contribution in [0.5, 0.6) is 0 Å². The van der Waals surface area contributed by atoms with E-state index in [1.54, 1.807) is 12.1 Å². The maximum Gasteiger partial charge on any atom is 0.275 e. The topological polar surface area (TPSA) is 112 Å². The van der Waals surface area contributed by atoms with Gasteiger partial charge >= 0.3 is 0 Å². The van der Waals surface area contributed by atoms with Gasteiger partial charge in [0.15, 0.2) is 11.5 Å². The zero-order valence-electron chi connectivity index (χ0n) is 17.1. The Morgan fingerprint density at radius 3 is 2.55 bits per heavy atom. The highest BCUT2D eigenvalue weighted by atomic mass is 35.5. The molecule has 0 aliphatic carbocycles. The predicted molar refractivity (Wildman–Crippen MR) is 118 cm³/mol. The van der Waals surface area contributed by atoms with Crippen molar-refractivity contribution in [1.82, 2.24) is 25.3 Å². The van der Waals surface area contributed by atoms with Crippen LogP contribution in [0, 0.1) is 13.8 Å². The molecule has 4 rings (SSSR count). The second-order valence-electron chi connectivity index (χ2n) is 7.18. The first-order valence-corrected chi connectivity index (χ1v) is 10.0. The number of nitrogens with two attached hydrogens (primary N) is 1. The molecule has 0 radical (unpaired) electrons. The average molecular weight is 437 g/mol. The number of nitrogens with zero attached hydrogens (tertiary/aromatic N) is 4. The Kier molecular flexibility index (Phi) is 5.73. The van der Waals surface area contributed by atoms with Gasteiger partial charge in [-0.3, -0.25) is 4.79 Å². The number of hydrogen-bond donors (Lipinski definition) is 2. The van der Waals surface area contributed by atoms with Crippen molar-refractivity contribution in [3.8, 4) is 11.5 Å². The number of rotatable bonds is 6. The quantitative estimate of drug-likeness (QED) is 0.476. The molecule has 8 nitrogen and oxygen atoms in total. The molecular formula is C22H21ClN6O2. The van der Waals surface area contributed by atoms with E-state index < -0.39 is 5.91 Å². The summed E-state index contributed by atoms with van der Waals surface area (Å²) >= 11 is 5.88. The SMILES string of the molecule is Cc1ccc(-c2nc(Cn3nnc(C(=O)NCc4ccc(Cl)cc4)c3N)c(C)o2)cc1. The smallest absolute Gasteiger partial charge is 0.275 e. The molecular weight excluding hydrogens is 416 g/mol. The van der Waals surface area contributed by atoms with Gasteiger partial charge in [0.1, 0.15) is 11.5 Å². The second-order valence-corrected chi connectivity index (χ2v) is 7.61. The summed E-state index contributed by atoms with van der Waals surface area (Å²) in [5.74, 6) is 0.926. The third kappa shape index (κ3) is 4.59. The van der Waals surface area contributed by atoms with Crippen LogP contribution < -0.4 is 11.1 Å². The molecule has 9 heteroatoms. The van der Waals surface area contributed by atoms with Crippen LogP contribution in [-0.4, -0.2) is 25.9 Å². The highest BCUT2D eigenvalue weighted by Crippen LogP contribution is 2.23. The van der Waals surface area contributed by atoms with E-state index in [4.69, 9.17) is 21.8 Å². The molecule has 0 atom stereocenters. The van der Waals surface area contributed by atoms with Gasteiger partial charge in [-0.2, -0.15) is 0 Å². The number of benzene rings is 2. The monoisotopic (exact) mass is 436 g/mol. The Morgan fingerprint density at radius 1 is 1.13 bits per heavy atom. The number of oxazole rings is 1. The van der Waals surface area contributed by atoms with Crippen molar-refractivity contribution in [2.24, 2.45) is 0 Å². The molecule has 2 heterocycles. The lowest BCUT2D eigenvalue weighted by Gasteiger charge is -2.05. The Morgan fingerprint density at radius 2 is 1.84 bits per heavy atom. The van der Waals surface area contributed by atoms with E-state index in [-0.39, 0.29) is 18.1 Å². The summed E-state index contributed by atoms with van der Waals surface area (Å²) in [7, 11) is 0. The highest BCUT2D eigenvalue weighted by Gasteiger charge is 2.19. The van der Waals surface area contributed by atoms with Crippen molar-refractivity contribution >= 4 is 23.3 Å². The van der Waals surface area contributed by atoms with E-state index in [1.807, 2.05) is 50.2 Å². The molecule has 0 spiro atoms. The van der Waals surface area contributed by atoms with Crippen LogP contribution in [0.1, 0.15) is 33.1 Å².